The van der Waals surface area contributed by atoms with Gasteiger partial charge in [-0.2, -0.15) is 5.10 Å². The minimum Gasteiger partial charge on any atom is -0.300 e. The Labute approximate surface area is 111 Å². The fourth-order valence-corrected chi connectivity index (χ4v) is 2.20. The molecule has 102 valence electrons. The van der Waals surface area contributed by atoms with Crippen molar-refractivity contribution in [1.29, 1.82) is 0 Å². The summed E-state index contributed by atoms with van der Waals surface area (Å²) in [6, 6.07) is 2.50. The third-order valence-corrected chi connectivity index (χ3v) is 3.32. The second kappa shape index (κ2) is 6.72. The molecule has 3 nitrogen and oxygen atoms in total. The fourth-order valence-electron chi connectivity index (χ4n) is 2.20. The molecule has 2 atom stereocenters. The average molecular weight is 250 g/mol. The molecule has 1 heterocycles. The van der Waals surface area contributed by atoms with Crippen LogP contribution in [0.3, 0.4) is 0 Å². The van der Waals surface area contributed by atoms with E-state index in [-0.39, 0.29) is 0 Å². The number of ketones is 1. The molecule has 2 aliphatic rings. The van der Waals surface area contributed by atoms with Crippen molar-refractivity contribution >= 4 is 5.78 Å². The van der Waals surface area contributed by atoms with Gasteiger partial charge in [0.1, 0.15) is 5.78 Å². The Morgan fingerprint density at radius 1 is 1.28 bits per heavy atom. The van der Waals surface area contributed by atoms with Gasteiger partial charge in [-0.25, -0.2) is 0 Å². The van der Waals surface area contributed by atoms with Crippen molar-refractivity contribution < 1.29 is 4.79 Å². The maximum absolute atomic E-state index is 10.5. The zero-order chi connectivity index (χ0) is 13.7. The van der Waals surface area contributed by atoms with E-state index in [4.69, 9.17) is 0 Å². The van der Waals surface area contributed by atoms with Gasteiger partial charge in [0.25, 0.3) is 0 Å². The molecule has 1 aromatic heterocycles. The second-order valence-electron chi connectivity index (χ2n) is 5.23. The van der Waals surface area contributed by atoms with Crippen LogP contribution in [-0.4, -0.2) is 15.6 Å². The van der Waals surface area contributed by atoms with Crippen LogP contribution in [0.1, 0.15) is 58.7 Å². The molecule has 1 aromatic rings. The van der Waals surface area contributed by atoms with Crippen LogP contribution in [0.5, 0.6) is 0 Å². The van der Waals surface area contributed by atoms with E-state index in [9.17, 15) is 4.79 Å². The Balaban J connectivity index is 0.000000161. The summed E-state index contributed by atoms with van der Waals surface area (Å²) in [6.07, 6.45) is 5.17. The summed E-state index contributed by atoms with van der Waals surface area (Å²) in [5.74, 6) is 2.18. The summed E-state index contributed by atoms with van der Waals surface area (Å²) >= 11 is 0. The number of hydrogen-bond donors (Lipinski definition) is 0. The van der Waals surface area contributed by atoms with Crippen LogP contribution >= 0.6 is 0 Å². The highest BCUT2D eigenvalue weighted by Gasteiger charge is 2.45. The molecule has 2 fully saturated rings. The summed E-state index contributed by atoms with van der Waals surface area (Å²) in [4.78, 5) is 10.5. The number of rotatable bonds is 1. The number of Topliss-reactive ketones (excluding diaryl/α,β-unsaturated/α-hetero) is 1. The quantitative estimate of drug-likeness (QED) is 0.760. The molecule has 2 aliphatic carbocycles. The normalized spacial score (nSPS) is 23.8. The zero-order valence-electron chi connectivity index (χ0n) is 12.3. The molecule has 0 unspecified atom stereocenters. The predicted octanol–water partition coefficient (Wildman–Crippen LogP) is 3.78. The Morgan fingerprint density at radius 3 is 2.06 bits per heavy atom. The van der Waals surface area contributed by atoms with Crippen LogP contribution in [0, 0.1) is 18.8 Å². The van der Waals surface area contributed by atoms with E-state index >= 15 is 0 Å². The molecule has 18 heavy (non-hydrogen) atoms. The molecule has 3 heteroatoms. The highest BCUT2D eigenvalue weighted by molar-refractivity contribution is 5.82. The number of carbonyl (C=O) groups is 1. The van der Waals surface area contributed by atoms with E-state index in [0.717, 1.165) is 30.4 Å². The molecule has 0 radical (unpaired) electrons. The van der Waals surface area contributed by atoms with E-state index in [0.29, 0.717) is 11.8 Å². The summed E-state index contributed by atoms with van der Waals surface area (Å²) in [7, 11) is 0. The number of fused-ring (bicyclic) bond motifs is 1. The van der Waals surface area contributed by atoms with E-state index in [1.807, 2.05) is 37.7 Å². The van der Waals surface area contributed by atoms with Crippen LogP contribution in [0.4, 0.5) is 0 Å². The third kappa shape index (κ3) is 4.28. The SMILES string of the molecule is CC.Cc1ccn(C(C)C)n1.O=C1C[C@@H]2C[C@@H]2C1. The van der Waals surface area contributed by atoms with Gasteiger partial charge in [0.15, 0.2) is 0 Å². The van der Waals surface area contributed by atoms with Crippen LogP contribution in [-0.2, 0) is 4.79 Å². The number of aromatic nitrogens is 2. The van der Waals surface area contributed by atoms with Crippen molar-refractivity contribution in [1.82, 2.24) is 9.78 Å². The predicted molar refractivity (Wildman–Crippen MR) is 74.5 cm³/mol. The standard InChI is InChI=1S/C7H12N2.C6H8O.C2H6/c1-6(2)9-5-4-7(3)8-9;7-6-2-4-1-5(4)3-6;1-2/h4-6H,1-3H3;4-5H,1-3H2;1-2H3/t;4-,5+;. The molecule has 0 N–H and O–H groups in total. The van der Waals surface area contributed by atoms with Gasteiger partial charge in [-0.15, -0.1) is 0 Å². The van der Waals surface area contributed by atoms with E-state index < -0.39 is 0 Å². The Morgan fingerprint density at radius 2 is 1.83 bits per heavy atom. The van der Waals surface area contributed by atoms with Crippen LogP contribution in [0.15, 0.2) is 12.3 Å². The molecule has 2 saturated carbocycles. The maximum atomic E-state index is 10.5. The summed E-state index contributed by atoms with van der Waals surface area (Å²) < 4.78 is 1.95. The van der Waals surface area contributed by atoms with Gasteiger partial charge < -0.3 is 0 Å². The van der Waals surface area contributed by atoms with Crippen LogP contribution < -0.4 is 0 Å². The van der Waals surface area contributed by atoms with Gasteiger partial charge in [0.2, 0.25) is 0 Å². The summed E-state index contributed by atoms with van der Waals surface area (Å²) in [6.45, 7) is 10.2. The van der Waals surface area contributed by atoms with Crippen molar-refractivity contribution in [3.05, 3.63) is 18.0 Å². The molecule has 3 rings (SSSR count). The van der Waals surface area contributed by atoms with Gasteiger partial charge in [-0.3, -0.25) is 9.48 Å². The van der Waals surface area contributed by atoms with Gasteiger partial charge in [0.05, 0.1) is 5.69 Å². The van der Waals surface area contributed by atoms with Gasteiger partial charge in [-0.1, -0.05) is 13.8 Å². The van der Waals surface area contributed by atoms with E-state index in [1.54, 1.807) is 0 Å². The lowest BCUT2D eigenvalue weighted by atomic mass is 10.2. The Bertz CT molecular complexity index is 370. The van der Waals surface area contributed by atoms with Crippen molar-refractivity contribution in [2.45, 2.75) is 59.9 Å². The number of carbonyl (C=O) groups excluding carboxylic acids is 1. The molecule has 0 amide bonds. The van der Waals surface area contributed by atoms with Crippen molar-refractivity contribution in [2.24, 2.45) is 11.8 Å². The highest BCUT2D eigenvalue weighted by Crippen LogP contribution is 2.49. The first-order chi connectivity index (χ1) is 8.56. The zero-order valence-corrected chi connectivity index (χ0v) is 12.3. The van der Waals surface area contributed by atoms with Gasteiger partial charge in [-0.05, 0) is 45.1 Å². The number of hydrogen-bond acceptors (Lipinski definition) is 2. The minimum absolute atomic E-state index is 0.485. The summed E-state index contributed by atoms with van der Waals surface area (Å²) in [5, 5.41) is 4.23. The Hall–Kier alpha value is -1.12. The molecule has 0 saturated heterocycles. The maximum Gasteiger partial charge on any atom is 0.133 e. The van der Waals surface area contributed by atoms with E-state index in [2.05, 4.69) is 18.9 Å². The smallest absolute Gasteiger partial charge is 0.133 e. The average Bonchev–Trinajstić information content (AvgIpc) is 2.77. The molecule has 0 spiro atoms. The van der Waals surface area contributed by atoms with Crippen molar-refractivity contribution in [3.8, 4) is 0 Å². The monoisotopic (exact) mass is 250 g/mol. The van der Waals surface area contributed by atoms with E-state index in [1.165, 1.54) is 6.42 Å². The molecular weight excluding hydrogens is 224 g/mol. The number of nitrogens with zero attached hydrogens (tertiary/aromatic N) is 2. The molecule has 0 aliphatic heterocycles. The second-order valence-corrected chi connectivity index (χ2v) is 5.23. The fraction of sp³-hybridized carbons (Fsp3) is 0.733. The minimum atomic E-state index is 0.485. The Kier molecular flexibility index (Phi) is 5.57. The molecule has 0 bridgehead atoms. The van der Waals surface area contributed by atoms with Crippen LogP contribution in [0.25, 0.3) is 0 Å². The van der Waals surface area contributed by atoms with Gasteiger partial charge in [0, 0.05) is 25.1 Å². The number of aryl methyl sites for hydroxylation is 1. The van der Waals surface area contributed by atoms with Crippen molar-refractivity contribution in [3.63, 3.8) is 0 Å². The largest absolute Gasteiger partial charge is 0.300 e. The third-order valence-electron chi connectivity index (χ3n) is 3.32. The molecular formula is C15H26N2O. The van der Waals surface area contributed by atoms with Crippen LogP contribution in [0.2, 0.25) is 0 Å². The molecule has 0 aromatic carbocycles. The topological polar surface area (TPSA) is 34.9 Å². The lowest BCUT2D eigenvalue weighted by Crippen LogP contribution is -2.00. The van der Waals surface area contributed by atoms with Crippen molar-refractivity contribution in [2.75, 3.05) is 0 Å². The van der Waals surface area contributed by atoms with Gasteiger partial charge >= 0.3 is 0 Å². The summed E-state index contributed by atoms with van der Waals surface area (Å²) in [5.41, 5.74) is 1.09. The highest BCUT2D eigenvalue weighted by atomic mass is 16.1. The lowest BCUT2D eigenvalue weighted by molar-refractivity contribution is -0.118. The lowest BCUT2D eigenvalue weighted by Gasteiger charge is -2.02. The first-order valence-electron chi connectivity index (χ1n) is 7.09. The first-order valence-corrected chi connectivity index (χ1v) is 7.09. The first kappa shape index (κ1) is 14.9.